The van der Waals surface area contributed by atoms with Gasteiger partial charge < -0.3 is 15.0 Å². The highest BCUT2D eigenvalue weighted by Gasteiger charge is 2.21. The molecule has 148 valence electrons. The monoisotopic (exact) mass is 394 g/mol. The van der Waals surface area contributed by atoms with Gasteiger partial charge in [0.2, 0.25) is 11.8 Å². The maximum Gasteiger partial charge on any atom is 0.337 e. The number of halogens is 3. The Bertz CT molecular complexity index is 918. The first-order valence-corrected chi connectivity index (χ1v) is 8.14. The molecule has 0 aliphatic carbocycles. The average Bonchev–Trinajstić information content (AvgIpc) is 2.67. The second kappa shape index (κ2) is 9.03. The summed E-state index contributed by atoms with van der Waals surface area (Å²) in [5, 5.41) is 2.53. The van der Waals surface area contributed by atoms with Crippen LogP contribution < -0.4 is 10.2 Å². The van der Waals surface area contributed by atoms with Crippen LogP contribution in [0.25, 0.3) is 0 Å². The zero-order chi connectivity index (χ0) is 20.8. The molecule has 0 heterocycles. The van der Waals surface area contributed by atoms with Crippen molar-refractivity contribution in [3.63, 3.8) is 0 Å². The molecule has 2 aromatic rings. The van der Waals surface area contributed by atoms with E-state index >= 15 is 0 Å². The Morgan fingerprint density at radius 2 is 1.79 bits per heavy atom. The molecule has 2 rings (SSSR count). The van der Waals surface area contributed by atoms with E-state index in [0.717, 1.165) is 17.9 Å². The number of nitrogens with one attached hydrogen (secondary N) is 1. The van der Waals surface area contributed by atoms with Crippen LogP contribution in [0.3, 0.4) is 0 Å². The van der Waals surface area contributed by atoms with Crippen LogP contribution in [0.1, 0.15) is 23.7 Å². The molecule has 0 saturated carbocycles. The summed E-state index contributed by atoms with van der Waals surface area (Å²) >= 11 is 0. The molecule has 9 heteroatoms. The molecule has 0 spiro atoms. The van der Waals surface area contributed by atoms with Crippen molar-refractivity contribution in [2.24, 2.45) is 0 Å². The van der Waals surface area contributed by atoms with Crippen molar-refractivity contribution in [2.45, 2.75) is 13.3 Å². The number of anilines is 2. The zero-order valence-corrected chi connectivity index (χ0v) is 15.1. The van der Waals surface area contributed by atoms with Crippen LogP contribution >= 0.6 is 0 Å². The van der Waals surface area contributed by atoms with Gasteiger partial charge in [0.25, 0.3) is 0 Å². The first-order valence-electron chi connectivity index (χ1n) is 8.14. The van der Waals surface area contributed by atoms with Gasteiger partial charge >= 0.3 is 5.97 Å². The zero-order valence-electron chi connectivity index (χ0n) is 15.1. The Kier molecular flexibility index (Phi) is 6.75. The number of amides is 2. The van der Waals surface area contributed by atoms with Crippen LogP contribution in [-0.4, -0.2) is 31.4 Å². The normalized spacial score (nSPS) is 10.3. The Morgan fingerprint density at radius 3 is 2.43 bits per heavy atom. The molecule has 0 aliphatic rings. The summed E-state index contributed by atoms with van der Waals surface area (Å²) in [7, 11) is 1.22. The fourth-order valence-electron chi connectivity index (χ4n) is 2.45. The summed E-state index contributed by atoms with van der Waals surface area (Å²) in [6.07, 6.45) is -0.250. The maximum atomic E-state index is 13.9. The fraction of sp³-hybridized carbons (Fsp3) is 0.211. The highest BCUT2D eigenvalue weighted by molar-refractivity contribution is 5.96. The molecular formula is C19H17F3N2O4. The summed E-state index contributed by atoms with van der Waals surface area (Å²) in [4.78, 5) is 36.3. The molecule has 0 fully saturated rings. The second-order valence-electron chi connectivity index (χ2n) is 5.74. The van der Waals surface area contributed by atoms with E-state index in [1.165, 1.54) is 19.2 Å². The summed E-state index contributed by atoms with van der Waals surface area (Å²) in [5.74, 6) is -6.35. The van der Waals surface area contributed by atoms with Gasteiger partial charge in [0, 0.05) is 25.6 Å². The maximum absolute atomic E-state index is 13.9. The number of carbonyl (C=O) groups is 3. The fourth-order valence-corrected chi connectivity index (χ4v) is 2.45. The average molecular weight is 394 g/mol. The summed E-state index contributed by atoms with van der Waals surface area (Å²) in [6.45, 7) is 0.846. The predicted octanol–water partition coefficient (Wildman–Crippen LogP) is 3.27. The summed E-state index contributed by atoms with van der Waals surface area (Å²) in [5.41, 5.74) is 0.0858. The van der Waals surface area contributed by atoms with Crippen molar-refractivity contribution in [3.8, 4) is 0 Å². The van der Waals surface area contributed by atoms with Crippen molar-refractivity contribution in [1.29, 1.82) is 0 Å². The lowest BCUT2D eigenvalue weighted by Gasteiger charge is -2.21. The predicted molar refractivity (Wildman–Crippen MR) is 95.4 cm³/mol. The number of benzene rings is 2. The van der Waals surface area contributed by atoms with Crippen molar-refractivity contribution < 1.29 is 32.3 Å². The molecule has 0 radical (unpaired) electrons. The lowest BCUT2D eigenvalue weighted by Crippen LogP contribution is -2.33. The van der Waals surface area contributed by atoms with Crippen molar-refractivity contribution in [2.75, 3.05) is 23.9 Å². The third-order valence-electron chi connectivity index (χ3n) is 3.82. The molecule has 0 aliphatic heterocycles. The number of nitrogens with zero attached hydrogens (tertiary/aromatic N) is 1. The first-order chi connectivity index (χ1) is 13.2. The van der Waals surface area contributed by atoms with Gasteiger partial charge in [0.15, 0.2) is 17.5 Å². The smallest absolute Gasteiger partial charge is 0.337 e. The van der Waals surface area contributed by atoms with Crippen LogP contribution in [0, 0.1) is 17.5 Å². The molecular weight excluding hydrogens is 377 g/mol. The molecule has 0 aromatic heterocycles. The topological polar surface area (TPSA) is 75.7 Å². The van der Waals surface area contributed by atoms with Gasteiger partial charge in [-0.15, -0.1) is 0 Å². The van der Waals surface area contributed by atoms with Crippen LogP contribution in [0.4, 0.5) is 24.5 Å². The first kappa shape index (κ1) is 20.9. The second-order valence-corrected chi connectivity index (χ2v) is 5.74. The number of methoxy groups -OCH3 is 1. The van der Waals surface area contributed by atoms with Crippen LogP contribution in [-0.2, 0) is 14.3 Å². The van der Waals surface area contributed by atoms with E-state index in [0.29, 0.717) is 11.8 Å². The van der Waals surface area contributed by atoms with Crippen LogP contribution in [0.15, 0.2) is 36.4 Å². The largest absolute Gasteiger partial charge is 0.465 e. The molecule has 28 heavy (non-hydrogen) atoms. The SMILES string of the molecule is COC(=O)c1cccc(NC(=O)CCN(C(C)=O)c2ccc(F)c(F)c2F)c1. The molecule has 0 atom stereocenters. The lowest BCUT2D eigenvalue weighted by atomic mass is 10.2. The molecule has 2 amide bonds. The third-order valence-corrected chi connectivity index (χ3v) is 3.82. The van der Waals surface area contributed by atoms with Crippen molar-refractivity contribution in [1.82, 2.24) is 0 Å². The Labute approximate surface area is 158 Å². The van der Waals surface area contributed by atoms with Crippen molar-refractivity contribution in [3.05, 3.63) is 59.4 Å². The Hall–Kier alpha value is -3.36. The number of rotatable bonds is 6. The summed E-state index contributed by atoms with van der Waals surface area (Å²) < 4.78 is 45.0. The standard InChI is InChI=1S/C19H17F3N2O4/c1-11(25)24(15-7-6-14(20)17(21)18(15)22)9-8-16(26)23-13-5-3-4-12(10-13)19(27)28-2/h3-7,10H,8-9H2,1-2H3,(H,23,26). The Balaban J connectivity index is 2.08. The molecule has 0 unspecified atom stereocenters. The highest BCUT2D eigenvalue weighted by atomic mass is 19.2. The number of carbonyl (C=O) groups excluding carboxylic acids is 3. The third kappa shape index (κ3) is 4.87. The van der Waals surface area contributed by atoms with E-state index < -0.39 is 40.9 Å². The van der Waals surface area contributed by atoms with Crippen LogP contribution in [0.5, 0.6) is 0 Å². The number of hydrogen-bond donors (Lipinski definition) is 1. The quantitative estimate of drug-likeness (QED) is 0.603. The van der Waals surface area contributed by atoms with Crippen LogP contribution in [0.2, 0.25) is 0 Å². The number of hydrogen-bond acceptors (Lipinski definition) is 4. The van der Waals surface area contributed by atoms with Gasteiger partial charge in [0.1, 0.15) is 0 Å². The van der Waals surface area contributed by atoms with E-state index in [9.17, 15) is 27.6 Å². The van der Waals surface area contributed by atoms with E-state index in [2.05, 4.69) is 10.1 Å². The van der Waals surface area contributed by atoms with Gasteiger partial charge in [-0.1, -0.05) is 6.07 Å². The summed E-state index contributed by atoms with van der Waals surface area (Å²) in [6, 6.07) is 7.61. The van der Waals surface area contributed by atoms with E-state index in [1.54, 1.807) is 12.1 Å². The number of ether oxygens (including phenoxy) is 1. The minimum Gasteiger partial charge on any atom is -0.465 e. The number of esters is 1. The van der Waals surface area contributed by atoms with Gasteiger partial charge in [-0.2, -0.15) is 0 Å². The lowest BCUT2D eigenvalue weighted by molar-refractivity contribution is -0.117. The molecule has 0 saturated heterocycles. The van der Waals surface area contributed by atoms with Crippen molar-refractivity contribution >= 4 is 29.2 Å². The molecule has 6 nitrogen and oxygen atoms in total. The molecule has 1 N–H and O–H groups in total. The Morgan fingerprint density at radius 1 is 1.07 bits per heavy atom. The van der Waals surface area contributed by atoms with E-state index in [-0.39, 0.29) is 18.5 Å². The van der Waals surface area contributed by atoms with Gasteiger partial charge in [0.05, 0.1) is 18.4 Å². The van der Waals surface area contributed by atoms with E-state index in [1.807, 2.05) is 0 Å². The molecule has 2 aromatic carbocycles. The minimum absolute atomic E-state index is 0.231. The van der Waals surface area contributed by atoms with Gasteiger partial charge in [-0.25, -0.2) is 18.0 Å². The highest BCUT2D eigenvalue weighted by Crippen LogP contribution is 2.24. The minimum atomic E-state index is -1.70. The van der Waals surface area contributed by atoms with E-state index in [4.69, 9.17) is 0 Å². The van der Waals surface area contributed by atoms with Gasteiger partial charge in [-0.05, 0) is 30.3 Å². The van der Waals surface area contributed by atoms with Gasteiger partial charge in [-0.3, -0.25) is 9.59 Å². The molecule has 0 bridgehead atoms.